The third kappa shape index (κ3) is 9.95. The van der Waals surface area contributed by atoms with Crippen LogP contribution in [0.5, 0.6) is 0 Å². The average molecular weight is 582 g/mol. The Labute approximate surface area is 241 Å². The van der Waals surface area contributed by atoms with Gasteiger partial charge in [-0.2, -0.15) is 0 Å². The number of carboxylic acid groups (broad SMARTS) is 1. The van der Waals surface area contributed by atoms with Crippen molar-refractivity contribution < 1.29 is 33.9 Å². The second-order valence-electron chi connectivity index (χ2n) is 11.2. The average Bonchev–Trinajstić information content (AvgIpc) is 3.63. The van der Waals surface area contributed by atoms with Crippen LogP contribution in [0.1, 0.15) is 72.6 Å². The molecule has 2 aliphatic rings. The number of carboxylic acids is 1. The Morgan fingerprint density at radius 1 is 0.878 bits per heavy atom. The Morgan fingerprint density at radius 3 is 2.12 bits per heavy atom. The number of amides is 5. The van der Waals surface area contributed by atoms with Gasteiger partial charge in [-0.25, -0.2) is 4.79 Å². The van der Waals surface area contributed by atoms with Gasteiger partial charge >= 0.3 is 5.97 Å². The zero-order valence-corrected chi connectivity index (χ0v) is 24.5. The molecule has 0 aromatic rings. The maximum atomic E-state index is 13.5. The smallest absolute Gasteiger partial charge is 0.326 e. The minimum atomic E-state index is -1.18. The Kier molecular flexibility index (Phi) is 13.5. The lowest BCUT2D eigenvalue weighted by Gasteiger charge is -2.31. The number of nitrogens with zero attached hydrogens (tertiary/aromatic N) is 1. The van der Waals surface area contributed by atoms with Gasteiger partial charge in [0.1, 0.15) is 30.2 Å². The number of likely N-dealkylation sites (tertiary alicyclic amines) is 1. The van der Waals surface area contributed by atoms with Crippen molar-refractivity contribution in [2.24, 2.45) is 11.7 Å². The Hall–Kier alpha value is -3.26. The quantitative estimate of drug-likeness (QED) is 0.113. The highest BCUT2D eigenvalue weighted by Crippen LogP contribution is 2.21. The van der Waals surface area contributed by atoms with Crippen molar-refractivity contribution in [3.63, 3.8) is 0 Å². The number of carbonyl (C=O) groups is 6. The maximum absolute atomic E-state index is 13.5. The third-order valence-electron chi connectivity index (χ3n) is 7.51. The fourth-order valence-corrected chi connectivity index (χ4v) is 4.98. The lowest BCUT2D eigenvalue weighted by Crippen LogP contribution is -2.59. The highest BCUT2D eigenvalue weighted by atomic mass is 16.4. The number of hydrogen-bond acceptors (Lipinski definition) is 8. The summed E-state index contributed by atoms with van der Waals surface area (Å²) < 4.78 is 0. The standard InChI is InChI=1S/C27H47N7O7/c1-15(2)21(33-24(37)18-10-7-13-29-18)26(39)34-14-8-11-20(34)25(38)31-16(3)22(35)30-17(4)23(36)32-19(27(40)41)9-5-6-12-28/h15-21,29H,5-14,28H2,1-4H3,(H,30,35)(H,31,38)(H,32,36)(H,33,37)(H,40,41)/t16-,17-,18-,19-,20-,21-/m0/s1. The molecule has 2 rings (SSSR count). The van der Waals surface area contributed by atoms with Crippen molar-refractivity contribution in [3.8, 4) is 0 Å². The minimum absolute atomic E-state index is 0.198. The summed E-state index contributed by atoms with van der Waals surface area (Å²) in [4.78, 5) is 77.4. The second-order valence-corrected chi connectivity index (χ2v) is 11.2. The monoisotopic (exact) mass is 581 g/mol. The molecule has 0 aromatic carbocycles. The van der Waals surface area contributed by atoms with E-state index in [9.17, 15) is 33.9 Å². The molecule has 2 heterocycles. The van der Waals surface area contributed by atoms with Gasteiger partial charge in [0.15, 0.2) is 0 Å². The van der Waals surface area contributed by atoms with Gasteiger partial charge in [0.2, 0.25) is 29.5 Å². The van der Waals surface area contributed by atoms with Crippen LogP contribution in [0.2, 0.25) is 0 Å². The van der Waals surface area contributed by atoms with Crippen LogP contribution in [0.25, 0.3) is 0 Å². The van der Waals surface area contributed by atoms with Gasteiger partial charge < -0.3 is 42.3 Å². The molecule has 0 unspecified atom stereocenters. The van der Waals surface area contributed by atoms with E-state index in [-0.39, 0.29) is 30.2 Å². The van der Waals surface area contributed by atoms with Gasteiger partial charge in [-0.05, 0) is 77.8 Å². The third-order valence-corrected chi connectivity index (χ3v) is 7.51. The number of hydrogen-bond donors (Lipinski definition) is 7. The molecule has 14 heteroatoms. The molecule has 2 aliphatic heterocycles. The lowest BCUT2D eigenvalue weighted by atomic mass is 10.0. The molecule has 232 valence electrons. The number of carbonyl (C=O) groups excluding carboxylic acids is 5. The molecule has 2 fully saturated rings. The lowest BCUT2D eigenvalue weighted by molar-refractivity contribution is -0.143. The normalized spacial score (nSPS) is 21.5. The molecular formula is C27H47N7O7. The summed E-state index contributed by atoms with van der Waals surface area (Å²) >= 11 is 0. The molecular weight excluding hydrogens is 534 g/mol. The zero-order valence-electron chi connectivity index (χ0n) is 24.5. The highest BCUT2D eigenvalue weighted by molar-refractivity contribution is 5.96. The van der Waals surface area contributed by atoms with Gasteiger partial charge in [-0.1, -0.05) is 13.8 Å². The summed E-state index contributed by atoms with van der Waals surface area (Å²) in [6.07, 6.45) is 3.96. The number of nitrogens with two attached hydrogens (primary N) is 1. The van der Waals surface area contributed by atoms with E-state index >= 15 is 0 Å². The molecule has 0 bridgehead atoms. The van der Waals surface area contributed by atoms with E-state index in [0.717, 1.165) is 13.0 Å². The molecule has 2 saturated heterocycles. The minimum Gasteiger partial charge on any atom is -0.480 e. The molecule has 14 nitrogen and oxygen atoms in total. The first-order chi connectivity index (χ1) is 19.4. The number of aliphatic carboxylic acids is 1. The predicted octanol–water partition coefficient (Wildman–Crippen LogP) is -1.42. The van der Waals surface area contributed by atoms with Crippen LogP contribution < -0.4 is 32.3 Å². The van der Waals surface area contributed by atoms with E-state index in [2.05, 4.69) is 26.6 Å². The topological polar surface area (TPSA) is 212 Å². The Bertz CT molecular complexity index is 954. The van der Waals surface area contributed by atoms with Crippen molar-refractivity contribution in [2.45, 2.75) is 109 Å². The highest BCUT2D eigenvalue weighted by Gasteiger charge is 2.40. The van der Waals surface area contributed by atoms with E-state index < -0.39 is 53.9 Å². The van der Waals surface area contributed by atoms with Crippen LogP contribution >= 0.6 is 0 Å². The van der Waals surface area contributed by atoms with E-state index in [1.807, 2.05) is 13.8 Å². The van der Waals surface area contributed by atoms with E-state index in [1.165, 1.54) is 18.7 Å². The van der Waals surface area contributed by atoms with Crippen LogP contribution in [0.3, 0.4) is 0 Å². The van der Waals surface area contributed by atoms with Crippen LogP contribution in [0, 0.1) is 5.92 Å². The first-order valence-electron chi connectivity index (χ1n) is 14.6. The van der Waals surface area contributed by atoms with Gasteiger partial charge in [0, 0.05) is 6.54 Å². The van der Waals surface area contributed by atoms with Gasteiger partial charge in [-0.15, -0.1) is 0 Å². The van der Waals surface area contributed by atoms with Gasteiger partial charge in [-0.3, -0.25) is 24.0 Å². The molecule has 8 N–H and O–H groups in total. The van der Waals surface area contributed by atoms with E-state index in [1.54, 1.807) is 0 Å². The van der Waals surface area contributed by atoms with Gasteiger partial charge in [0.25, 0.3) is 0 Å². The summed E-state index contributed by atoms with van der Waals surface area (Å²) in [7, 11) is 0. The summed E-state index contributed by atoms with van der Waals surface area (Å²) in [5.41, 5.74) is 5.43. The van der Waals surface area contributed by atoms with Crippen LogP contribution in [0.4, 0.5) is 0 Å². The summed E-state index contributed by atoms with van der Waals surface area (Å²) in [6, 6.07) is -5.10. The van der Waals surface area contributed by atoms with Crippen molar-refractivity contribution >= 4 is 35.5 Å². The van der Waals surface area contributed by atoms with Crippen LogP contribution in [0.15, 0.2) is 0 Å². The molecule has 0 aromatic heterocycles. The van der Waals surface area contributed by atoms with E-state index in [4.69, 9.17) is 5.73 Å². The first-order valence-corrected chi connectivity index (χ1v) is 14.6. The summed E-state index contributed by atoms with van der Waals surface area (Å²) in [5, 5.41) is 22.9. The molecule has 0 saturated carbocycles. The van der Waals surface area contributed by atoms with Crippen LogP contribution in [-0.4, -0.2) is 101 Å². The SMILES string of the molecule is CC(C)[C@H](NC(=O)[C@@H]1CCCN1)C(=O)N1CCC[C@H]1C(=O)N[C@@H](C)C(=O)N[C@@H](C)C(=O)N[C@@H](CCCCN)C(=O)O. The number of nitrogens with one attached hydrogen (secondary N) is 5. The molecule has 6 atom stereocenters. The fraction of sp³-hybridized carbons (Fsp3) is 0.778. The van der Waals surface area contributed by atoms with Crippen molar-refractivity contribution in [1.29, 1.82) is 0 Å². The molecule has 41 heavy (non-hydrogen) atoms. The molecule has 0 radical (unpaired) electrons. The fourth-order valence-electron chi connectivity index (χ4n) is 4.98. The number of rotatable bonds is 15. The predicted molar refractivity (Wildman–Crippen MR) is 150 cm³/mol. The largest absolute Gasteiger partial charge is 0.480 e. The van der Waals surface area contributed by atoms with Crippen LogP contribution in [-0.2, 0) is 28.8 Å². The Balaban J connectivity index is 1.93. The number of unbranched alkanes of at least 4 members (excludes halogenated alkanes) is 1. The zero-order chi connectivity index (χ0) is 30.7. The van der Waals surface area contributed by atoms with Gasteiger partial charge in [0.05, 0.1) is 6.04 Å². The Morgan fingerprint density at radius 2 is 1.54 bits per heavy atom. The van der Waals surface area contributed by atoms with Crippen molar-refractivity contribution in [1.82, 2.24) is 31.5 Å². The summed E-state index contributed by atoms with van der Waals surface area (Å²) in [5.74, 6) is -3.76. The van der Waals surface area contributed by atoms with Crippen molar-refractivity contribution in [3.05, 3.63) is 0 Å². The second kappa shape index (κ2) is 16.2. The van der Waals surface area contributed by atoms with E-state index in [0.29, 0.717) is 45.2 Å². The maximum Gasteiger partial charge on any atom is 0.326 e. The summed E-state index contributed by atoms with van der Waals surface area (Å²) in [6.45, 7) is 8.05. The molecule has 0 aliphatic carbocycles. The molecule has 0 spiro atoms. The first kappa shape index (κ1) is 33.9. The molecule has 5 amide bonds. The van der Waals surface area contributed by atoms with Crippen molar-refractivity contribution in [2.75, 3.05) is 19.6 Å².